The van der Waals surface area contributed by atoms with Crippen molar-refractivity contribution >= 4 is 14.4 Å². The number of hydrogen-bond acceptors (Lipinski definition) is 1. The highest BCUT2D eigenvalue weighted by Crippen LogP contribution is 2.32. The van der Waals surface area contributed by atoms with Crippen LogP contribution in [0, 0.1) is 0 Å². The molecule has 0 amide bonds. The van der Waals surface area contributed by atoms with Crippen LogP contribution in [0.2, 0.25) is 13.1 Å². The Labute approximate surface area is 112 Å². The molecule has 1 unspecified atom stereocenters. The van der Waals surface area contributed by atoms with Gasteiger partial charge in [0.2, 0.25) is 0 Å². The standard InChI is InChI=1S/C16H24OSi/c1-14(15-9-5-4-6-10-15)13-16(18(2)3)11-7-8-12-17-16/h4-6,9-10,13,18H,7-8,11-12H2,1-3H3. The van der Waals surface area contributed by atoms with Crippen LogP contribution in [0.3, 0.4) is 0 Å². The summed E-state index contributed by atoms with van der Waals surface area (Å²) in [7, 11) is -0.866. The number of ether oxygens (including phenoxy) is 1. The molecular formula is C16H24OSi. The Balaban J connectivity index is 2.27. The zero-order valence-corrected chi connectivity index (χ0v) is 12.9. The molecule has 1 aromatic rings. The highest BCUT2D eigenvalue weighted by Gasteiger charge is 2.35. The van der Waals surface area contributed by atoms with Gasteiger partial charge in [0.1, 0.15) is 0 Å². The number of allylic oxidation sites excluding steroid dienone is 1. The van der Waals surface area contributed by atoms with Crippen LogP contribution in [0.1, 0.15) is 31.7 Å². The van der Waals surface area contributed by atoms with Gasteiger partial charge in [-0.05, 0) is 37.3 Å². The third kappa shape index (κ3) is 2.93. The van der Waals surface area contributed by atoms with Gasteiger partial charge in [-0.1, -0.05) is 49.5 Å². The van der Waals surface area contributed by atoms with Crippen molar-refractivity contribution in [3.63, 3.8) is 0 Å². The second-order valence-electron chi connectivity index (χ2n) is 5.61. The Morgan fingerprint density at radius 1 is 1.22 bits per heavy atom. The lowest BCUT2D eigenvalue weighted by Gasteiger charge is -2.38. The number of hydrogen-bond donors (Lipinski definition) is 0. The van der Waals surface area contributed by atoms with E-state index in [0.717, 1.165) is 6.61 Å². The Hall–Kier alpha value is -0.863. The Kier molecular flexibility index (Phi) is 4.41. The lowest BCUT2D eigenvalue weighted by atomic mass is 10.0. The van der Waals surface area contributed by atoms with Crippen molar-refractivity contribution in [2.24, 2.45) is 0 Å². The van der Waals surface area contributed by atoms with Crippen LogP contribution in [0.15, 0.2) is 36.4 Å². The van der Waals surface area contributed by atoms with Gasteiger partial charge in [-0.15, -0.1) is 0 Å². The van der Waals surface area contributed by atoms with E-state index in [1.807, 2.05) is 0 Å². The molecule has 1 aliphatic rings. The molecule has 1 aromatic carbocycles. The zero-order valence-electron chi connectivity index (χ0n) is 11.8. The summed E-state index contributed by atoms with van der Waals surface area (Å²) in [6, 6.07) is 10.6. The van der Waals surface area contributed by atoms with Gasteiger partial charge in [0.25, 0.3) is 0 Å². The summed E-state index contributed by atoms with van der Waals surface area (Å²) in [5.41, 5.74) is 2.68. The van der Waals surface area contributed by atoms with Gasteiger partial charge in [0.15, 0.2) is 0 Å². The monoisotopic (exact) mass is 260 g/mol. The van der Waals surface area contributed by atoms with Crippen LogP contribution in [-0.2, 0) is 4.74 Å². The van der Waals surface area contributed by atoms with E-state index in [0.29, 0.717) is 0 Å². The maximum Gasteiger partial charge on any atom is 0.0745 e. The van der Waals surface area contributed by atoms with E-state index in [1.165, 1.54) is 30.4 Å². The lowest BCUT2D eigenvalue weighted by molar-refractivity contribution is 0.0107. The van der Waals surface area contributed by atoms with Crippen molar-refractivity contribution in [3.8, 4) is 0 Å². The summed E-state index contributed by atoms with van der Waals surface area (Å²) in [5.74, 6) is 0. The van der Waals surface area contributed by atoms with Gasteiger partial charge in [-0.25, -0.2) is 0 Å². The summed E-state index contributed by atoms with van der Waals surface area (Å²) in [6.45, 7) is 7.95. The van der Waals surface area contributed by atoms with Gasteiger partial charge in [-0.3, -0.25) is 0 Å². The van der Waals surface area contributed by atoms with Crippen LogP contribution < -0.4 is 0 Å². The number of benzene rings is 1. The topological polar surface area (TPSA) is 9.23 Å². The van der Waals surface area contributed by atoms with E-state index in [1.54, 1.807) is 0 Å². The minimum absolute atomic E-state index is 0.0815. The second kappa shape index (κ2) is 5.85. The molecule has 1 aliphatic heterocycles. The molecule has 98 valence electrons. The van der Waals surface area contributed by atoms with Crippen LogP contribution >= 0.6 is 0 Å². The summed E-state index contributed by atoms with van der Waals surface area (Å²) < 4.78 is 6.20. The maximum absolute atomic E-state index is 6.20. The van der Waals surface area contributed by atoms with E-state index in [4.69, 9.17) is 4.74 Å². The molecule has 0 spiro atoms. The third-order valence-electron chi connectivity index (χ3n) is 4.00. The maximum atomic E-state index is 6.20. The first-order chi connectivity index (χ1) is 8.64. The molecule has 0 radical (unpaired) electrons. The van der Waals surface area contributed by atoms with E-state index < -0.39 is 8.80 Å². The first kappa shape index (κ1) is 13.6. The fraction of sp³-hybridized carbons (Fsp3) is 0.500. The predicted octanol–water partition coefficient (Wildman–Crippen LogP) is 4.06. The molecule has 1 saturated heterocycles. The minimum atomic E-state index is -0.866. The Bertz CT molecular complexity index is 402. The molecule has 18 heavy (non-hydrogen) atoms. The zero-order chi connectivity index (χ0) is 13.0. The molecule has 1 heterocycles. The highest BCUT2D eigenvalue weighted by atomic mass is 28.3. The summed E-state index contributed by atoms with van der Waals surface area (Å²) >= 11 is 0. The summed E-state index contributed by atoms with van der Waals surface area (Å²) in [4.78, 5) is 0. The molecule has 2 rings (SSSR count). The van der Waals surface area contributed by atoms with Crippen molar-refractivity contribution in [2.75, 3.05) is 6.61 Å². The molecule has 0 saturated carbocycles. The molecule has 0 bridgehead atoms. The SMILES string of the molecule is CC(=CC1([SiH](C)C)CCCCO1)c1ccccc1. The van der Waals surface area contributed by atoms with E-state index >= 15 is 0 Å². The van der Waals surface area contributed by atoms with Crippen molar-refractivity contribution < 1.29 is 4.74 Å². The van der Waals surface area contributed by atoms with Gasteiger partial charge in [-0.2, -0.15) is 0 Å². The minimum Gasteiger partial charge on any atom is -0.375 e. The van der Waals surface area contributed by atoms with Crippen LogP contribution in [0.25, 0.3) is 5.57 Å². The summed E-state index contributed by atoms with van der Waals surface area (Å²) in [6.07, 6.45) is 6.16. The quantitative estimate of drug-likeness (QED) is 0.745. The van der Waals surface area contributed by atoms with Gasteiger partial charge in [0.05, 0.1) is 14.0 Å². The van der Waals surface area contributed by atoms with Gasteiger partial charge in [0, 0.05) is 6.61 Å². The molecule has 1 nitrogen and oxygen atoms in total. The Morgan fingerprint density at radius 3 is 2.50 bits per heavy atom. The van der Waals surface area contributed by atoms with E-state index in [-0.39, 0.29) is 5.22 Å². The summed E-state index contributed by atoms with van der Waals surface area (Å²) in [5, 5.41) is 0.0815. The number of rotatable bonds is 3. The fourth-order valence-electron chi connectivity index (χ4n) is 2.72. The van der Waals surface area contributed by atoms with Crippen molar-refractivity contribution in [3.05, 3.63) is 42.0 Å². The molecule has 0 N–H and O–H groups in total. The van der Waals surface area contributed by atoms with Gasteiger partial charge >= 0.3 is 0 Å². The smallest absolute Gasteiger partial charge is 0.0745 e. The fourth-order valence-corrected chi connectivity index (χ4v) is 4.54. The highest BCUT2D eigenvalue weighted by molar-refractivity contribution is 6.60. The Morgan fingerprint density at radius 2 is 1.94 bits per heavy atom. The molecule has 2 heteroatoms. The van der Waals surface area contributed by atoms with Crippen molar-refractivity contribution in [2.45, 2.75) is 44.5 Å². The largest absolute Gasteiger partial charge is 0.375 e. The average molecular weight is 260 g/mol. The predicted molar refractivity (Wildman–Crippen MR) is 81.5 cm³/mol. The van der Waals surface area contributed by atoms with Crippen LogP contribution in [-0.4, -0.2) is 20.6 Å². The van der Waals surface area contributed by atoms with Crippen molar-refractivity contribution in [1.29, 1.82) is 0 Å². The molecule has 0 aromatic heterocycles. The average Bonchev–Trinajstić information content (AvgIpc) is 2.40. The lowest BCUT2D eigenvalue weighted by Crippen LogP contribution is -2.45. The molecule has 0 aliphatic carbocycles. The van der Waals surface area contributed by atoms with Crippen LogP contribution in [0.4, 0.5) is 0 Å². The second-order valence-corrected chi connectivity index (χ2v) is 8.90. The normalized spacial score (nSPS) is 25.4. The van der Waals surface area contributed by atoms with Crippen LogP contribution in [0.5, 0.6) is 0 Å². The van der Waals surface area contributed by atoms with Gasteiger partial charge < -0.3 is 4.74 Å². The van der Waals surface area contributed by atoms with E-state index in [2.05, 4.69) is 56.4 Å². The third-order valence-corrected chi connectivity index (χ3v) is 6.58. The first-order valence-corrected chi connectivity index (χ1v) is 9.91. The van der Waals surface area contributed by atoms with E-state index in [9.17, 15) is 0 Å². The van der Waals surface area contributed by atoms with Crippen molar-refractivity contribution in [1.82, 2.24) is 0 Å². The first-order valence-electron chi connectivity index (χ1n) is 7.03. The molecular weight excluding hydrogens is 236 g/mol. The molecule has 1 fully saturated rings. The molecule has 1 atom stereocenters.